The fraction of sp³-hybridized carbons (Fsp3) is 0.348. The fourth-order valence-corrected chi connectivity index (χ4v) is 3.62. The van der Waals surface area contributed by atoms with Gasteiger partial charge in [-0.25, -0.2) is 0 Å². The quantitative estimate of drug-likeness (QED) is 0.789. The molecule has 0 aliphatic carbocycles. The van der Waals surface area contributed by atoms with Crippen molar-refractivity contribution in [3.05, 3.63) is 71.8 Å². The summed E-state index contributed by atoms with van der Waals surface area (Å²) in [5, 5.41) is 12.5. The third kappa shape index (κ3) is 4.65. The van der Waals surface area contributed by atoms with Crippen molar-refractivity contribution in [2.24, 2.45) is 5.92 Å². The average Bonchev–Trinajstić information content (AvgIpc) is 2.78. The molecule has 1 aliphatic rings. The van der Waals surface area contributed by atoms with Crippen molar-refractivity contribution in [2.45, 2.75) is 25.2 Å². The number of carbonyl (C=O) groups excluding carboxylic acids is 2. The second-order valence-corrected chi connectivity index (χ2v) is 7.65. The van der Waals surface area contributed by atoms with E-state index in [-0.39, 0.29) is 24.3 Å². The van der Waals surface area contributed by atoms with Gasteiger partial charge >= 0.3 is 5.97 Å². The molecule has 2 aromatic rings. The SMILES string of the molecule is CC(CNC(=O)C1CCN(C(=O)c2ccccc2)CC1)(C(=O)O)c1ccccc1. The zero-order valence-electron chi connectivity index (χ0n) is 16.5. The largest absolute Gasteiger partial charge is 0.481 e. The maximum Gasteiger partial charge on any atom is 0.315 e. The minimum atomic E-state index is -1.19. The van der Waals surface area contributed by atoms with Gasteiger partial charge in [0.05, 0.1) is 0 Å². The Labute approximate surface area is 170 Å². The van der Waals surface area contributed by atoms with Crippen molar-refractivity contribution < 1.29 is 19.5 Å². The number of piperidine rings is 1. The van der Waals surface area contributed by atoms with Gasteiger partial charge in [-0.1, -0.05) is 48.5 Å². The molecule has 152 valence electrons. The van der Waals surface area contributed by atoms with Crippen molar-refractivity contribution in [2.75, 3.05) is 19.6 Å². The Balaban J connectivity index is 1.56. The third-order valence-corrected chi connectivity index (χ3v) is 5.67. The Bertz CT molecular complexity index is 861. The van der Waals surface area contributed by atoms with Gasteiger partial charge in [-0.05, 0) is 37.5 Å². The summed E-state index contributed by atoms with van der Waals surface area (Å²) >= 11 is 0. The molecule has 0 aromatic heterocycles. The van der Waals surface area contributed by atoms with Crippen molar-refractivity contribution >= 4 is 17.8 Å². The van der Waals surface area contributed by atoms with E-state index in [1.807, 2.05) is 24.3 Å². The normalized spacial score (nSPS) is 16.7. The summed E-state index contributed by atoms with van der Waals surface area (Å²) in [6.45, 7) is 2.67. The predicted octanol–water partition coefficient (Wildman–Crippen LogP) is 2.70. The van der Waals surface area contributed by atoms with E-state index < -0.39 is 11.4 Å². The van der Waals surface area contributed by atoms with Gasteiger partial charge in [0.15, 0.2) is 0 Å². The van der Waals surface area contributed by atoms with Gasteiger partial charge in [0.2, 0.25) is 5.91 Å². The van der Waals surface area contributed by atoms with Crippen molar-refractivity contribution in [1.29, 1.82) is 0 Å². The van der Waals surface area contributed by atoms with E-state index in [1.54, 1.807) is 48.2 Å². The molecule has 0 saturated carbocycles. The monoisotopic (exact) mass is 394 g/mol. The van der Waals surface area contributed by atoms with Gasteiger partial charge < -0.3 is 15.3 Å². The number of benzene rings is 2. The number of carboxylic acids is 1. The number of nitrogens with one attached hydrogen (secondary N) is 1. The molecule has 1 fully saturated rings. The summed E-state index contributed by atoms with van der Waals surface area (Å²) in [6, 6.07) is 18.0. The maximum atomic E-state index is 12.6. The lowest BCUT2D eigenvalue weighted by Crippen LogP contribution is -2.48. The van der Waals surface area contributed by atoms with Gasteiger partial charge in [-0.3, -0.25) is 14.4 Å². The fourth-order valence-electron chi connectivity index (χ4n) is 3.62. The van der Waals surface area contributed by atoms with Crippen LogP contribution in [0.5, 0.6) is 0 Å². The topological polar surface area (TPSA) is 86.7 Å². The summed E-state index contributed by atoms with van der Waals surface area (Å²) in [5.74, 6) is -1.37. The second-order valence-electron chi connectivity index (χ2n) is 7.65. The molecule has 29 heavy (non-hydrogen) atoms. The average molecular weight is 394 g/mol. The van der Waals surface area contributed by atoms with Crippen LogP contribution in [-0.2, 0) is 15.0 Å². The molecular weight excluding hydrogens is 368 g/mol. The van der Waals surface area contributed by atoms with Crippen molar-refractivity contribution in [3.63, 3.8) is 0 Å². The molecule has 6 nitrogen and oxygen atoms in total. The zero-order chi connectivity index (χ0) is 20.9. The number of amides is 2. The summed E-state index contributed by atoms with van der Waals surface area (Å²) < 4.78 is 0. The van der Waals surface area contributed by atoms with E-state index in [0.717, 1.165) is 0 Å². The Kier molecular flexibility index (Phi) is 6.32. The van der Waals surface area contributed by atoms with Crippen LogP contribution in [0.4, 0.5) is 0 Å². The first-order valence-electron chi connectivity index (χ1n) is 9.83. The number of carbonyl (C=O) groups is 3. The highest BCUT2D eigenvalue weighted by Crippen LogP contribution is 2.24. The molecule has 0 radical (unpaired) electrons. The Morgan fingerprint density at radius 3 is 2.10 bits per heavy atom. The molecule has 0 spiro atoms. The first kappa shape index (κ1) is 20.6. The molecule has 1 aliphatic heterocycles. The molecule has 1 atom stereocenters. The van der Waals surface area contributed by atoms with E-state index >= 15 is 0 Å². The van der Waals surface area contributed by atoms with Gasteiger partial charge in [0.25, 0.3) is 5.91 Å². The van der Waals surface area contributed by atoms with Crippen LogP contribution in [0.2, 0.25) is 0 Å². The molecule has 1 unspecified atom stereocenters. The van der Waals surface area contributed by atoms with E-state index in [9.17, 15) is 19.5 Å². The lowest BCUT2D eigenvalue weighted by atomic mass is 9.82. The minimum absolute atomic E-state index is 0.0213. The van der Waals surface area contributed by atoms with E-state index in [2.05, 4.69) is 5.32 Å². The number of carboxylic acid groups (broad SMARTS) is 1. The predicted molar refractivity (Wildman–Crippen MR) is 110 cm³/mol. The molecular formula is C23H26N2O4. The van der Waals surface area contributed by atoms with Gasteiger partial charge in [0, 0.05) is 31.1 Å². The molecule has 6 heteroatoms. The van der Waals surface area contributed by atoms with Crippen molar-refractivity contribution in [3.8, 4) is 0 Å². The van der Waals surface area contributed by atoms with Crippen LogP contribution in [0.3, 0.4) is 0 Å². The Morgan fingerprint density at radius 2 is 1.55 bits per heavy atom. The highest BCUT2D eigenvalue weighted by atomic mass is 16.4. The molecule has 0 bridgehead atoms. The van der Waals surface area contributed by atoms with Crippen LogP contribution in [0, 0.1) is 5.92 Å². The second kappa shape index (κ2) is 8.90. The standard InChI is InChI=1S/C23H26N2O4/c1-23(22(28)29,19-10-6-3-7-11-19)16-24-20(26)17-12-14-25(15-13-17)21(27)18-8-4-2-5-9-18/h2-11,17H,12-16H2,1H3,(H,24,26)(H,28,29). The molecule has 2 N–H and O–H groups in total. The number of hydrogen-bond acceptors (Lipinski definition) is 3. The van der Waals surface area contributed by atoms with E-state index in [1.165, 1.54) is 0 Å². The lowest BCUT2D eigenvalue weighted by molar-refractivity contribution is -0.143. The lowest BCUT2D eigenvalue weighted by Gasteiger charge is -2.32. The number of rotatable bonds is 6. The van der Waals surface area contributed by atoms with Gasteiger partial charge in [-0.2, -0.15) is 0 Å². The van der Waals surface area contributed by atoms with Crippen LogP contribution in [0.25, 0.3) is 0 Å². The highest BCUT2D eigenvalue weighted by Gasteiger charge is 2.36. The van der Waals surface area contributed by atoms with Crippen LogP contribution in [0.15, 0.2) is 60.7 Å². The van der Waals surface area contributed by atoms with Crippen LogP contribution < -0.4 is 5.32 Å². The van der Waals surface area contributed by atoms with Crippen LogP contribution in [-0.4, -0.2) is 47.4 Å². The van der Waals surface area contributed by atoms with Gasteiger partial charge in [0.1, 0.15) is 5.41 Å². The molecule has 1 saturated heterocycles. The maximum absolute atomic E-state index is 12.6. The summed E-state index contributed by atoms with van der Waals surface area (Å²) in [7, 11) is 0. The molecule has 3 rings (SSSR count). The van der Waals surface area contributed by atoms with Crippen LogP contribution >= 0.6 is 0 Å². The number of likely N-dealkylation sites (tertiary alicyclic amines) is 1. The first-order chi connectivity index (χ1) is 13.9. The first-order valence-corrected chi connectivity index (χ1v) is 9.83. The molecule has 1 heterocycles. The Morgan fingerprint density at radius 1 is 1.00 bits per heavy atom. The molecule has 2 aromatic carbocycles. The van der Waals surface area contributed by atoms with Crippen LogP contribution in [0.1, 0.15) is 35.7 Å². The summed E-state index contributed by atoms with van der Waals surface area (Å²) in [5.41, 5.74) is 0.104. The zero-order valence-corrected chi connectivity index (χ0v) is 16.5. The number of nitrogens with zero attached hydrogens (tertiary/aromatic N) is 1. The minimum Gasteiger partial charge on any atom is -0.481 e. The van der Waals surface area contributed by atoms with Crippen molar-refractivity contribution in [1.82, 2.24) is 10.2 Å². The number of aliphatic carboxylic acids is 1. The summed E-state index contributed by atoms with van der Waals surface area (Å²) in [6.07, 6.45) is 1.14. The summed E-state index contributed by atoms with van der Waals surface area (Å²) in [4.78, 5) is 38.8. The van der Waals surface area contributed by atoms with E-state index in [0.29, 0.717) is 37.1 Å². The van der Waals surface area contributed by atoms with E-state index in [4.69, 9.17) is 0 Å². The van der Waals surface area contributed by atoms with Gasteiger partial charge in [-0.15, -0.1) is 0 Å². The smallest absolute Gasteiger partial charge is 0.315 e. The molecule has 2 amide bonds. The highest BCUT2D eigenvalue weighted by molar-refractivity contribution is 5.94. The third-order valence-electron chi connectivity index (χ3n) is 5.67. The number of hydrogen-bond donors (Lipinski definition) is 2. The Hall–Kier alpha value is -3.15.